The van der Waals surface area contributed by atoms with Crippen molar-refractivity contribution in [1.29, 1.82) is 0 Å². The quantitative estimate of drug-likeness (QED) is 0.745. The lowest BCUT2D eigenvalue weighted by Crippen LogP contribution is -2.66. The molecule has 7 nitrogen and oxygen atoms in total. The minimum Gasteiger partial charge on any atom is -0.329 e. The summed E-state index contributed by atoms with van der Waals surface area (Å²) in [5.41, 5.74) is 9.20. The third-order valence-electron chi connectivity index (χ3n) is 7.61. The van der Waals surface area contributed by atoms with E-state index in [0.29, 0.717) is 25.1 Å². The average Bonchev–Trinajstić information content (AvgIpc) is 3.00. The fourth-order valence-electron chi connectivity index (χ4n) is 5.84. The Morgan fingerprint density at radius 2 is 2.03 bits per heavy atom. The van der Waals surface area contributed by atoms with E-state index in [2.05, 4.69) is 16.3 Å². The van der Waals surface area contributed by atoms with Gasteiger partial charge >= 0.3 is 0 Å². The molecule has 3 fully saturated rings. The summed E-state index contributed by atoms with van der Waals surface area (Å²) in [6, 6.07) is 5.49. The van der Waals surface area contributed by atoms with Crippen LogP contribution >= 0.6 is 0 Å². The normalized spacial score (nSPS) is 31.9. The van der Waals surface area contributed by atoms with Gasteiger partial charge in [0.15, 0.2) is 0 Å². The van der Waals surface area contributed by atoms with E-state index in [1.54, 1.807) is 4.90 Å². The molecule has 3 atom stereocenters. The van der Waals surface area contributed by atoms with Crippen LogP contribution in [0.15, 0.2) is 18.2 Å². The third-order valence-corrected chi connectivity index (χ3v) is 7.61. The highest BCUT2D eigenvalue weighted by Crippen LogP contribution is 2.48. The number of hydrogen-bond acceptors (Lipinski definition) is 5. The van der Waals surface area contributed by atoms with Gasteiger partial charge in [0.2, 0.25) is 11.8 Å². The molecule has 2 saturated heterocycles. The number of nitrogens with two attached hydrogens (primary N) is 1. The topological polar surface area (TPSA) is 95.7 Å². The molecule has 3 amide bonds. The van der Waals surface area contributed by atoms with E-state index in [4.69, 9.17) is 5.73 Å². The molecule has 1 aromatic rings. The van der Waals surface area contributed by atoms with Crippen LogP contribution in [0.2, 0.25) is 0 Å². The molecule has 4 aliphatic rings. The molecule has 29 heavy (non-hydrogen) atoms. The zero-order valence-corrected chi connectivity index (χ0v) is 16.7. The molecule has 5 rings (SSSR count). The molecule has 1 aliphatic carbocycles. The van der Waals surface area contributed by atoms with Gasteiger partial charge in [0, 0.05) is 37.2 Å². The fourth-order valence-corrected chi connectivity index (χ4v) is 5.84. The zero-order chi connectivity index (χ0) is 20.2. The standard InChI is InChI=1S/C22H28N4O3/c23-13-22-8-7-16(22)2-1-9-25(22)11-14-3-4-17-15(10-14)12-26(21(17)29)18-5-6-19(27)24-20(18)28/h3-4,10,16,18H,1-2,5-9,11-13,23H2,(H,24,27,28). The average molecular weight is 396 g/mol. The first-order valence-corrected chi connectivity index (χ1v) is 10.7. The summed E-state index contributed by atoms with van der Waals surface area (Å²) in [5.74, 6) is -0.0176. The predicted molar refractivity (Wildman–Crippen MR) is 107 cm³/mol. The van der Waals surface area contributed by atoms with Gasteiger partial charge in [0.1, 0.15) is 6.04 Å². The summed E-state index contributed by atoms with van der Waals surface area (Å²) in [6.07, 6.45) is 5.64. The molecule has 1 saturated carbocycles. The molecular weight excluding hydrogens is 368 g/mol. The lowest BCUT2D eigenvalue weighted by molar-refractivity contribution is -0.136. The van der Waals surface area contributed by atoms with Crippen LogP contribution in [-0.2, 0) is 22.7 Å². The second-order valence-electron chi connectivity index (χ2n) is 9.00. The number of likely N-dealkylation sites (tertiary alicyclic amines) is 1. The molecule has 7 heteroatoms. The van der Waals surface area contributed by atoms with Crippen molar-refractivity contribution in [3.8, 4) is 0 Å². The molecule has 3 unspecified atom stereocenters. The Morgan fingerprint density at radius 1 is 1.17 bits per heavy atom. The lowest BCUT2D eigenvalue weighted by atomic mass is 9.61. The van der Waals surface area contributed by atoms with Crippen LogP contribution in [-0.4, -0.2) is 52.2 Å². The van der Waals surface area contributed by atoms with Crippen molar-refractivity contribution in [1.82, 2.24) is 15.1 Å². The monoisotopic (exact) mass is 396 g/mol. The Bertz CT molecular complexity index is 881. The van der Waals surface area contributed by atoms with Gasteiger partial charge in [0.05, 0.1) is 0 Å². The van der Waals surface area contributed by atoms with Gasteiger partial charge in [-0.3, -0.25) is 24.6 Å². The van der Waals surface area contributed by atoms with Gasteiger partial charge in [0.25, 0.3) is 5.91 Å². The van der Waals surface area contributed by atoms with Crippen LogP contribution in [0.3, 0.4) is 0 Å². The van der Waals surface area contributed by atoms with Crippen LogP contribution in [0.4, 0.5) is 0 Å². The molecule has 0 bridgehead atoms. The zero-order valence-electron chi connectivity index (χ0n) is 16.7. The Kier molecular flexibility index (Phi) is 4.47. The van der Waals surface area contributed by atoms with E-state index in [1.807, 2.05) is 12.1 Å². The smallest absolute Gasteiger partial charge is 0.255 e. The van der Waals surface area contributed by atoms with Gasteiger partial charge < -0.3 is 10.6 Å². The van der Waals surface area contributed by atoms with E-state index in [1.165, 1.54) is 31.2 Å². The number of carbonyl (C=O) groups is 3. The maximum Gasteiger partial charge on any atom is 0.255 e. The van der Waals surface area contributed by atoms with Crippen LogP contribution in [0.1, 0.15) is 60.0 Å². The maximum atomic E-state index is 12.9. The molecule has 0 radical (unpaired) electrons. The first kappa shape index (κ1) is 18.8. The second-order valence-corrected chi connectivity index (χ2v) is 9.00. The van der Waals surface area contributed by atoms with Crippen LogP contribution in [0.25, 0.3) is 0 Å². The van der Waals surface area contributed by atoms with E-state index in [0.717, 1.165) is 24.6 Å². The van der Waals surface area contributed by atoms with Crippen molar-refractivity contribution in [2.24, 2.45) is 11.7 Å². The number of amides is 3. The van der Waals surface area contributed by atoms with E-state index in [9.17, 15) is 14.4 Å². The number of imide groups is 1. The largest absolute Gasteiger partial charge is 0.329 e. The second kappa shape index (κ2) is 6.92. The minimum atomic E-state index is -0.561. The minimum absolute atomic E-state index is 0.114. The number of hydrogen-bond donors (Lipinski definition) is 2. The van der Waals surface area contributed by atoms with Crippen molar-refractivity contribution in [3.63, 3.8) is 0 Å². The van der Waals surface area contributed by atoms with Gasteiger partial charge in [-0.05, 0) is 61.8 Å². The summed E-state index contributed by atoms with van der Waals surface area (Å²) >= 11 is 0. The molecule has 154 valence electrons. The Labute approximate surface area is 170 Å². The molecule has 3 heterocycles. The van der Waals surface area contributed by atoms with Gasteiger partial charge in [-0.2, -0.15) is 0 Å². The Balaban J connectivity index is 1.34. The number of rotatable bonds is 4. The fraction of sp³-hybridized carbons (Fsp3) is 0.591. The summed E-state index contributed by atoms with van der Waals surface area (Å²) in [5, 5.41) is 2.35. The van der Waals surface area contributed by atoms with E-state index < -0.39 is 6.04 Å². The number of nitrogens with zero attached hydrogens (tertiary/aromatic N) is 2. The summed E-state index contributed by atoms with van der Waals surface area (Å²) in [4.78, 5) is 40.7. The highest BCUT2D eigenvalue weighted by atomic mass is 16.2. The summed E-state index contributed by atoms with van der Waals surface area (Å²) < 4.78 is 0. The van der Waals surface area contributed by atoms with Crippen molar-refractivity contribution >= 4 is 17.7 Å². The highest BCUT2D eigenvalue weighted by molar-refractivity contribution is 6.05. The molecule has 3 N–H and O–H groups in total. The van der Waals surface area contributed by atoms with E-state index in [-0.39, 0.29) is 29.7 Å². The SMILES string of the molecule is NCC12CCC1CCCN2Cc1ccc2c(c1)CN(C1CCC(=O)NC1=O)C2=O. The molecule has 3 aliphatic heterocycles. The number of carbonyl (C=O) groups excluding carboxylic acids is 3. The lowest BCUT2D eigenvalue weighted by Gasteiger charge is -2.59. The first-order chi connectivity index (χ1) is 14.0. The van der Waals surface area contributed by atoms with Crippen molar-refractivity contribution in [2.75, 3.05) is 13.1 Å². The van der Waals surface area contributed by atoms with Crippen LogP contribution in [0.5, 0.6) is 0 Å². The summed E-state index contributed by atoms with van der Waals surface area (Å²) in [7, 11) is 0. The Morgan fingerprint density at radius 3 is 2.76 bits per heavy atom. The third kappa shape index (κ3) is 2.90. The van der Waals surface area contributed by atoms with Gasteiger partial charge in [-0.15, -0.1) is 0 Å². The van der Waals surface area contributed by atoms with Gasteiger partial charge in [-0.1, -0.05) is 12.1 Å². The molecular formula is C22H28N4O3. The summed E-state index contributed by atoms with van der Waals surface area (Å²) in [6.45, 7) is 3.07. The molecule has 1 aromatic carbocycles. The number of piperidine rings is 2. The number of fused-ring (bicyclic) bond motifs is 2. The van der Waals surface area contributed by atoms with Gasteiger partial charge in [-0.25, -0.2) is 0 Å². The van der Waals surface area contributed by atoms with Crippen molar-refractivity contribution in [3.05, 3.63) is 34.9 Å². The van der Waals surface area contributed by atoms with Crippen molar-refractivity contribution in [2.45, 2.75) is 63.2 Å². The van der Waals surface area contributed by atoms with E-state index >= 15 is 0 Å². The number of nitrogens with one attached hydrogen (secondary N) is 1. The molecule has 0 aromatic heterocycles. The van der Waals surface area contributed by atoms with Crippen LogP contribution < -0.4 is 11.1 Å². The first-order valence-electron chi connectivity index (χ1n) is 10.7. The van der Waals surface area contributed by atoms with Crippen LogP contribution in [0, 0.1) is 5.92 Å². The number of benzene rings is 1. The highest BCUT2D eigenvalue weighted by Gasteiger charge is 2.51. The maximum absolute atomic E-state index is 12.9. The predicted octanol–water partition coefficient (Wildman–Crippen LogP) is 1.15. The Hall–Kier alpha value is -2.25. The van der Waals surface area contributed by atoms with Crippen molar-refractivity contribution < 1.29 is 14.4 Å². The molecule has 0 spiro atoms.